The molecule has 2 N–H and O–H groups in total. The maximum atomic E-state index is 12.2. The summed E-state index contributed by atoms with van der Waals surface area (Å²) in [5.41, 5.74) is 5.77. The summed E-state index contributed by atoms with van der Waals surface area (Å²) in [6.07, 6.45) is 1.49. The molecular weight excluding hydrogens is 396 g/mol. The van der Waals surface area contributed by atoms with Gasteiger partial charge in [0.25, 0.3) is 5.91 Å². The van der Waals surface area contributed by atoms with Gasteiger partial charge in [-0.15, -0.1) is 0 Å². The lowest BCUT2D eigenvalue weighted by Gasteiger charge is -2.34. The molecule has 1 heterocycles. The van der Waals surface area contributed by atoms with Crippen molar-refractivity contribution in [1.29, 1.82) is 0 Å². The number of hydrogen-bond donors (Lipinski definition) is 2. The molecule has 31 heavy (non-hydrogen) atoms. The number of nitrogens with one attached hydrogen (secondary N) is 1. The van der Waals surface area contributed by atoms with Crippen molar-refractivity contribution in [2.75, 3.05) is 46.9 Å². The maximum absolute atomic E-state index is 12.2. The molecule has 8 nitrogen and oxygen atoms in total. The molecule has 0 aliphatic carbocycles. The number of phenolic OH excluding ortho intramolecular Hbond substituents is 1. The molecule has 166 valence electrons. The molecule has 1 aliphatic rings. The van der Waals surface area contributed by atoms with Crippen LogP contribution in [-0.4, -0.2) is 74.0 Å². The average molecular weight is 427 g/mol. The quantitative estimate of drug-likeness (QED) is 0.496. The number of methoxy groups -OCH3 is 2. The van der Waals surface area contributed by atoms with E-state index in [2.05, 4.69) is 51.5 Å². The molecule has 1 aliphatic heterocycles. The van der Waals surface area contributed by atoms with Crippen molar-refractivity contribution in [3.63, 3.8) is 0 Å². The minimum absolute atomic E-state index is 0.0762. The third-order valence-corrected chi connectivity index (χ3v) is 5.26. The lowest BCUT2D eigenvalue weighted by atomic mass is 10.1. The second kappa shape index (κ2) is 10.8. The number of rotatable bonds is 8. The summed E-state index contributed by atoms with van der Waals surface area (Å²) in [5, 5.41) is 14.0. The van der Waals surface area contributed by atoms with Crippen molar-refractivity contribution in [3.05, 3.63) is 53.1 Å². The summed E-state index contributed by atoms with van der Waals surface area (Å²) in [5.74, 6) is 0.305. The van der Waals surface area contributed by atoms with E-state index < -0.39 is 0 Å². The first kappa shape index (κ1) is 22.6. The van der Waals surface area contributed by atoms with Crippen LogP contribution in [-0.2, 0) is 11.3 Å². The summed E-state index contributed by atoms with van der Waals surface area (Å²) in [7, 11) is 2.91. The Morgan fingerprint density at radius 1 is 1.06 bits per heavy atom. The number of hydrogen-bond acceptors (Lipinski definition) is 7. The van der Waals surface area contributed by atoms with E-state index in [9.17, 15) is 9.90 Å². The van der Waals surface area contributed by atoms with Gasteiger partial charge < -0.3 is 14.6 Å². The van der Waals surface area contributed by atoms with E-state index in [1.807, 2.05) is 0 Å². The second-order valence-electron chi connectivity index (χ2n) is 7.61. The number of amides is 1. The fourth-order valence-corrected chi connectivity index (χ4v) is 3.46. The van der Waals surface area contributed by atoms with Crippen LogP contribution in [0.15, 0.2) is 41.5 Å². The number of aryl methyl sites for hydroxylation is 1. The van der Waals surface area contributed by atoms with Gasteiger partial charge in [-0.1, -0.05) is 29.8 Å². The highest BCUT2D eigenvalue weighted by Crippen LogP contribution is 2.36. The Morgan fingerprint density at radius 3 is 2.23 bits per heavy atom. The molecule has 1 saturated heterocycles. The van der Waals surface area contributed by atoms with Crippen molar-refractivity contribution < 1.29 is 19.4 Å². The highest BCUT2D eigenvalue weighted by molar-refractivity contribution is 5.84. The van der Waals surface area contributed by atoms with Crippen LogP contribution in [0.3, 0.4) is 0 Å². The minimum atomic E-state index is -0.166. The lowest BCUT2D eigenvalue weighted by molar-refractivity contribution is -0.122. The smallest absolute Gasteiger partial charge is 0.254 e. The van der Waals surface area contributed by atoms with Crippen LogP contribution in [0.5, 0.6) is 17.2 Å². The number of nitrogens with zero attached hydrogens (tertiary/aromatic N) is 3. The molecule has 0 unspecified atom stereocenters. The van der Waals surface area contributed by atoms with E-state index in [1.54, 1.807) is 12.1 Å². The molecular formula is C23H30N4O4. The van der Waals surface area contributed by atoms with Crippen molar-refractivity contribution in [3.8, 4) is 17.2 Å². The molecule has 0 radical (unpaired) electrons. The predicted molar refractivity (Wildman–Crippen MR) is 120 cm³/mol. The highest BCUT2D eigenvalue weighted by atomic mass is 16.5. The summed E-state index contributed by atoms with van der Waals surface area (Å²) >= 11 is 0. The predicted octanol–water partition coefficient (Wildman–Crippen LogP) is 1.99. The Labute approximate surface area is 183 Å². The zero-order valence-corrected chi connectivity index (χ0v) is 18.3. The monoisotopic (exact) mass is 426 g/mol. The number of phenols is 1. The molecule has 0 atom stereocenters. The molecule has 8 heteroatoms. The van der Waals surface area contributed by atoms with Gasteiger partial charge in [0.05, 0.1) is 27.0 Å². The van der Waals surface area contributed by atoms with Crippen LogP contribution in [0.25, 0.3) is 0 Å². The molecule has 0 bridgehead atoms. The van der Waals surface area contributed by atoms with Gasteiger partial charge in [0.2, 0.25) is 5.75 Å². The van der Waals surface area contributed by atoms with Crippen molar-refractivity contribution in [2.24, 2.45) is 5.10 Å². The molecule has 2 aromatic rings. The fourth-order valence-electron chi connectivity index (χ4n) is 3.46. The van der Waals surface area contributed by atoms with E-state index in [-0.39, 0.29) is 23.2 Å². The van der Waals surface area contributed by atoms with Crippen LogP contribution in [0.4, 0.5) is 0 Å². The second-order valence-corrected chi connectivity index (χ2v) is 7.61. The van der Waals surface area contributed by atoms with Gasteiger partial charge >= 0.3 is 0 Å². The molecule has 0 aromatic heterocycles. The number of benzene rings is 2. The number of piperazine rings is 1. The molecule has 0 saturated carbocycles. The van der Waals surface area contributed by atoms with Gasteiger partial charge in [0.15, 0.2) is 11.5 Å². The van der Waals surface area contributed by atoms with Crippen LogP contribution < -0.4 is 14.9 Å². The number of ether oxygens (including phenoxy) is 2. The Bertz CT molecular complexity index is 881. The summed E-state index contributed by atoms with van der Waals surface area (Å²) in [6, 6.07) is 11.8. The largest absolute Gasteiger partial charge is 0.502 e. The topological polar surface area (TPSA) is 86.6 Å². The van der Waals surface area contributed by atoms with Crippen LogP contribution in [0, 0.1) is 6.92 Å². The van der Waals surface area contributed by atoms with E-state index in [1.165, 1.54) is 31.6 Å². The van der Waals surface area contributed by atoms with Gasteiger partial charge in [0, 0.05) is 38.3 Å². The normalized spacial score (nSPS) is 15.2. The molecule has 1 fully saturated rings. The first-order chi connectivity index (χ1) is 15.0. The van der Waals surface area contributed by atoms with Crippen LogP contribution in [0.1, 0.15) is 16.7 Å². The molecule has 2 aromatic carbocycles. The summed E-state index contributed by atoms with van der Waals surface area (Å²) in [6.45, 7) is 6.87. The number of hydrazone groups is 1. The van der Waals surface area contributed by atoms with Crippen LogP contribution >= 0.6 is 0 Å². The number of aromatic hydroxyl groups is 1. The first-order valence-corrected chi connectivity index (χ1v) is 10.3. The van der Waals surface area contributed by atoms with E-state index >= 15 is 0 Å². The van der Waals surface area contributed by atoms with Gasteiger partial charge in [-0.25, -0.2) is 5.43 Å². The third kappa shape index (κ3) is 6.44. The average Bonchev–Trinajstić information content (AvgIpc) is 2.77. The molecule has 0 spiro atoms. The number of carbonyl (C=O) groups is 1. The third-order valence-electron chi connectivity index (χ3n) is 5.26. The van der Waals surface area contributed by atoms with Crippen molar-refractivity contribution in [1.82, 2.24) is 15.2 Å². The van der Waals surface area contributed by atoms with E-state index in [4.69, 9.17) is 9.47 Å². The fraction of sp³-hybridized carbons (Fsp3) is 0.391. The Morgan fingerprint density at radius 2 is 1.65 bits per heavy atom. The molecule has 3 rings (SSSR count). The van der Waals surface area contributed by atoms with Gasteiger partial charge in [-0.05, 0) is 24.6 Å². The maximum Gasteiger partial charge on any atom is 0.254 e. The van der Waals surface area contributed by atoms with Gasteiger partial charge in [-0.2, -0.15) is 5.10 Å². The standard InChI is InChI=1S/C23H30N4O4/c1-17-4-6-18(7-5-17)15-26-8-10-27(11-9-26)16-22(28)25-24-14-19-12-20(30-2)23(29)21(13-19)31-3/h4-7,12-14,29H,8-11,15-16H2,1-3H3,(H,25,28). The van der Waals surface area contributed by atoms with Gasteiger partial charge in [-0.3, -0.25) is 14.6 Å². The Hall–Kier alpha value is -3.10. The Kier molecular flexibility index (Phi) is 7.86. The zero-order valence-electron chi connectivity index (χ0n) is 18.3. The van der Waals surface area contributed by atoms with E-state index in [0.29, 0.717) is 12.1 Å². The van der Waals surface area contributed by atoms with Crippen molar-refractivity contribution >= 4 is 12.1 Å². The minimum Gasteiger partial charge on any atom is -0.502 e. The highest BCUT2D eigenvalue weighted by Gasteiger charge is 2.19. The van der Waals surface area contributed by atoms with E-state index in [0.717, 1.165) is 32.7 Å². The SMILES string of the molecule is COc1cc(C=NNC(=O)CN2CCN(Cc3ccc(C)cc3)CC2)cc(OC)c1O. The lowest BCUT2D eigenvalue weighted by Crippen LogP contribution is -2.48. The van der Waals surface area contributed by atoms with Crippen molar-refractivity contribution in [2.45, 2.75) is 13.5 Å². The summed E-state index contributed by atoms with van der Waals surface area (Å²) in [4.78, 5) is 16.8. The molecule has 1 amide bonds. The van der Waals surface area contributed by atoms with Crippen LogP contribution in [0.2, 0.25) is 0 Å². The van der Waals surface area contributed by atoms with Gasteiger partial charge in [0.1, 0.15) is 0 Å². The Balaban J connectivity index is 1.44. The first-order valence-electron chi connectivity index (χ1n) is 10.3. The summed E-state index contributed by atoms with van der Waals surface area (Å²) < 4.78 is 10.2. The zero-order chi connectivity index (χ0) is 22.2. The number of carbonyl (C=O) groups excluding carboxylic acids is 1.